The number of hydrogen-bond donors (Lipinski definition) is 1. The third kappa shape index (κ3) is 4.02. The fourth-order valence-corrected chi connectivity index (χ4v) is 4.23. The number of nitrogens with one attached hydrogen (secondary N) is 1. The fourth-order valence-electron chi connectivity index (χ4n) is 2.73. The molecule has 2 aromatic rings. The molecule has 0 unspecified atom stereocenters. The van der Waals surface area contributed by atoms with Gasteiger partial charge in [-0.3, -0.25) is 0 Å². The molecule has 1 aromatic carbocycles. The molecule has 23 heavy (non-hydrogen) atoms. The second kappa shape index (κ2) is 6.86. The van der Waals surface area contributed by atoms with Gasteiger partial charge >= 0.3 is 0 Å². The average Bonchev–Trinajstić information content (AvgIpc) is 2.56. The van der Waals surface area contributed by atoms with E-state index in [-0.39, 0.29) is 6.04 Å². The van der Waals surface area contributed by atoms with Gasteiger partial charge in [0, 0.05) is 31.0 Å². The van der Waals surface area contributed by atoms with Crippen molar-refractivity contribution in [2.75, 3.05) is 18.0 Å². The first kappa shape index (κ1) is 16.2. The fraction of sp³-hybridized carbons (Fsp3) is 0.312. The van der Waals surface area contributed by atoms with Gasteiger partial charge in [0.05, 0.1) is 4.90 Å². The zero-order chi connectivity index (χ0) is 16.3. The molecule has 0 amide bonds. The number of rotatable bonds is 4. The Kier molecular flexibility index (Phi) is 4.84. The van der Waals surface area contributed by atoms with Gasteiger partial charge in [0.25, 0.3) is 0 Å². The van der Waals surface area contributed by atoms with Gasteiger partial charge in [0.15, 0.2) is 0 Å². The number of sulfonamides is 1. The Morgan fingerprint density at radius 2 is 1.83 bits per heavy atom. The highest BCUT2D eigenvalue weighted by Crippen LogP contribution is 2.22. The predicted molar refractivity (Wildman–Crippen MR) is 91.2 cm³/mol. The minimum Gasteiger partial charge on any atom is -0.371 e. The van der Waals surface area contributed by atoms with E-state index < -0.39 is 10.0 Å². The number of anilines is 1. The number of halogens is 1. The van der Waals surface area contributed by atoms with Crippen LogP contribution in [0.15, 0.2) is 53.6 Å². The van der Waals surface area contributed by atoms with Crippen LogP contribution in [0.4, 0.5) is 5.69 Å². The molecule has 0 saturated carbocycles. The second-order valence-corrected chi connectivity index (χ2v) is 7.63. The summed E-state index contributed by atoms with van der Waals surface area (Å²) >= 11 is 5.92. The highest BCUT2D eigenvalue weighted by molar-refractivity contribution is 7.89. The SMILES string of the molecule is O=S(=O)(NC1CCN(c2ccnc(Cl)c2)CC1)c1ccccc1. The van der Waals surface area contributed by atoms with Crippen molar-refractivity contribution in [3.05, 3.63) is 53.8 Å². The number of pyridine rings is 1. The maximum atomic E-state index is 12.3. The summed E-state index contributed by atoms with van der Waals surface area (Å²) in [6, 6.07) is 12.2. The zero-order valence-corrected chi connectivity index (χ0v) is 14.1. The summed E-state index contributed by atoms with van der Waals surface area (Å²) in [4.78, 5) is 6.48. The van der Waals surface area contributed by atoms with Crippen LogP contribution in [0.25, 0.3) is 0 Å². The molecule has 1 fully saturated rings. The third-order valence-corrected chi connectivity index (χ3v) is 5.69. The molecule has 0 bridgehead atoms. The molecular formula is C16H18ClN3O2S. The Morgan fingerprint density at radius 1 is 1.13 bits per heavy atom. The van der Waals surface area contributed by atoms with Gasteiger partial charge in [0.1, 0.15) is 5.15 Å². The second-order valence-electron chi connectivity index (χ2n) is 5.53. The highest BCUT2D eigenvalue weighted by atomic mass is 35.5. The first-order valence-corrected chi connectivity index (χ1v) is 9.34. The summed E-state index contributed by atoms with van der Waals surface area (Å²) in [6.45, 7) is 1.56. The van der Waals surface area contributed by atoms with E-state index in [0.29, 0.717) is 10.0 Å². The van der Waals surface area contributed by atoms with E-state index in [1.165, 1.54) is 0 Å². The van der Waals surface area contributed by atoms with E-state index >= 15 is 0 Å². The van der Waals surface area contributed by atoms with Crippen molar-refractivity contribution in [1.82, 2.24) is 9.71 Å². The van der Waals surface area contributed by atoms with E-state index in [9.17, 15) is 8.42 Å². The van der Waals surface area contributed by atoms with Crippen molar-refractivity contribution in [2.24, 2.45) is 0 Å². The van der Waals surface area contributed by atoms with E-state index in [2.05, 4.69) is 14.6 Å². The van der Waals surface area contributed by atoms with E-state index in [1.54, 1.807) is 36.5 Å². The number of piperidine rings is 1. The van der Waals surface area contributed by atoms with Crippen molar-refractivity contribution in [3.63, 3.8) is 0 Å². The van der Waals surface area contributed by atoms with Crippen LogP contribution in [-0.4, -0.2) is 32.5 Å². The van der Waals surface area contributed by atoms with Gasteiger partial charge in [-0.1, -0.05) is 29.8 Å². The summed E-state index contributed by atoms with van der Waals surface area (Å²) in [5, 5.41) is 0.467. The quantitative estimate of drug-likeness (QED) is 0.860. The zero-order valence-electron chi connectivity index (χ0n) is 12.5. The Hall–Kier alpha value is -1.63. The Morgan fingerprint density at radius 3 is 2.48 bits per heavy atom. The summed E-state index contributed by atoms with van der Waals surface area (Å²) in [6.07, 6.45) is 3.19. The molecule has 1 saturated heterocycles. The number of aromatic nitrogens is 1. The largest absolute Gasteiger partial charge is 0.371 e. The van der Waals surface area contributed by atoms with Crippen molar-refractivity contribution in [3.8, 4) is 0 Å². The summed E-state index contributed by atoms with van der Waals surface area (Å²) in [5.41, 5.74) is 1.02. The summed E-state index contributed by atoms with van der Waals surface area (Å²) < 4.78 is 27.5. The average molecular weight is 352 g/mol. The van der Waals surface area contributed by atoms with Crippen LogP contribution in [0.1, 0.15) is 12.8 Å². The van der Waals surface area contributed by atoms with Crippen molar-refractivity contribution < 1.29 is 8.42 Å². The minimum absolute atomic E-state index is 0.0474. The van der Waals surface area contributed by atoms with Gasteiger partial charge in [-0.05, 0) is 37.1 Å². The van der Waals surface area contributed by atoms with Crippen LogP contribution < -0.4 is 9.62 Å². The molecule has 5 nitrogen and oxygen atoms in total. The molecule has 0 radical (unpaired) electrons. The molecule has 1 aromatic heterocycles. The van der Waals surface area contributed by atoms with Crippen molar-refractivity contribution in [1.29, 1.82) is 0 Å². The van der Waals surface area contributed by atoms with Gasteiger partial charge in [-0.25, -0.2) is 18.1 Å². The molecule has 0 aliphatic carbocycles. The maximum Gasteiger partial charge on any atom is 0.240 e. The van der Waals surface area contributed by atoms with Crippen molar-refractivity contribution in [2.45, 2.75) is 23.8 Å². The lowest BCUT2D eigenvalue weighted by Gasteiger charge is -2.33. The Labute approximate surface area is 141 Å². The van der Waals surface area contributed by atoms with Crippen LogP contribution in [-0.2, 0) is 10.0 Å². The molecular weight excluding hydrogens is 334 g/mol. The molecule has 7 heteroatoms. The standard InChI is InChI=1S/C16H18ClN3O2S/c17-16-12-14(6-9-18-16)20-10-7-13(8-11-20)19-23(21,22)15-4-2-1-3-5-15/h1-6,9,12-13,19H,7-8,10-11H2. The molecule has 2 heterocycles. The molecule has 3 rings (SSSR count). The minimum atomic E-state index is -3.45. The maximum absolute atomic E-state index is 12.3. The molecule has 0 spiro atoms. The van der Waals surface area contributed by atoms with Crippen LogP contribution >= 0.6 is 11.6 Å². The summed E-state index contributed by atoms with van der Waals surface area (Å²) in [5.74, 6) is 0. The third-order valence-electron chi connectivity index (χ3n) is 3.95. The molecule has 0 atom stereocenters. The molecule has 1 aliphatic rings. The lowest BCUT2D eigenvalue weighted by Crippen LogP contribution is -2.44. The lowest BCUT2D eigenvalue weighted by molar-refractivity contribution is 0.460. The lowest BCUT2D eigenvalue weighted by atomic mass is 10.1. The van der Waals surface area contributed by atoms with E-state index in [0.717, 1.165) is 31.6 Å². The predicted octanol–water partition coefficient (Wildman–Crippen LogP) is 2.68. The Bertz CT molecular complexity index is 760. The monoisotopic (exact) mass is 351 g/mol. The number of hydrogen-bond acceptors (Lipinski definition) is 4. The summed E-state index contributed by atoms with van der Waals surface area (Å²) in [7, 11) is -3.45. The van der Waals surface area contributed by atoms with Gasteiger partial charge in [-0.15, -0.1) is 0 Å². The van der Waals surface area contributed by atoms with Crippen molar-refractivity contribution >= 4 is 27.3 Å². The smallest absolute Gasteiger partial charge is 0.240 e. The van der Waals surface area contributed by atoms with Gasteiger partial charge < -0.3 is 4.90 Å². The molecule has 1 aliphatic heterocycles. The van der Waals surface area contributed by atoms with Crippen LogP contribution in [0.2, 0.25) is 5.15 Å². The molecule has 1 N–H and O–H groups in total. The van der Waals surface area contributed by atoms with E-state index in [4.69, 9.17) is 11.6 Å². The molecule has 122 valence electrons. The van der Waals surface area contributed by atoms with E-state index in [1.807, 2.05) is 12.1 Å². The van der Waals surface area contributed by atoms with Crippen LogP contribution in [0, 0.1) is 0 Å². The van der Waals surface area contributed by atoms with Gasteiger partial charge in [0.2, 0.25) is 10.0 Å². The van der Waals surface area contributed by atoms with Crippen LogP contribution in [0.5, 0.6) is 0 Å². The number of benzene rings is 1. The first-order chi connectivity index (χ1) is 11.0. The topological polar surface area (TPSA) is 62.3 Å². The van der Waals surface area contributed by atoms with Gasteiger partial charge in [-0.2, -0.15) is 0 Å². The van der Waals surface area contributed by atoms with Crippen LogP contribution in [0.3, 0.4) is 0 Å². The first-order valence-electron chi connectivity index (χ1n) is 7.48. The highest BCUT2D eigenvalue weighted by Gasteiger charge is 2.24. The number of nitrogens with zero attached hydrogens (tertiary/aromatic N) is 2. The normalized spacial score (nSPS) is 16.5. The Balaban J connectivity index is 1.61.